The molecule has 0 aromatic carbocycles. The summed E-state index contributed by atoms with van der Waals surface area (Å²) in [5.74, 6) is 0.220. The topological polar surface area (TPSA) is 40.5 Å². The van der Waals surface area contributed by atoms with E-state index >= 15 is 0 Å². The molecule has 0 heterocycles. The van der Waals surface area contributed by atoms with Crippen LogP contribution in [-0.2, 0) is 4.79 Å². The highest BCUT2D eigenvalue weighted by Gasteiger charge is 2.33. The Labute approximate surface area is 92.5 Å². The van der Waals surface area contributed by atoms with Gasteiger partial charge in [-0.15, -0.1) is 0 Å². The summed E-state index contributed by atoms with van der Waals surface area (Å²) in [4.78, 5) is 13.5. The summed E-state index contributed by atoms with van der Waals surface area (Å²) in [7, 11) is 1.80. The van der Waals surface area contributed by atoms with Gasteiger partial charge < -0.3 is 10.0 Å². The zero-order valence-corrected chi connectivity index (χ0v) is 10.1. The largest absolute Gasteiger partial charge is 0.388 e. The van der Waals surface area contributed by atoms with E-state index in [-0.39, 0.29) is 11.8 Å². The molecule has 15 heavy (non-hydrogen) atoms. The minimum absolute atomic E-state index is 0.0694. The number of nitrogens with zero attached hydrogens (tertiary/aromatic N) is 1. The van der Waals surface area contributed by atoms with Crippen molar-refractivity contribution in [3.63, 3.8) is 0 Å². The highest BCUT2D eigenvalue weighted by atomic mass is 16.3. The van der Waals surface area contributed by atoms with Gasteiger partial charge in [0.25, 0.3) is 0 Å². The van der Waals surface area contributed by atoms with E-state index in [0.717, 1.165) is 32.1 Å². The maximum Gasteiger partial charge on any atom is 0.225 e. The molecule has 0 aromatic rings. The summed E-state index contributed by atoms with van der Waals surface area (Å²) in [5, 5.41) is 10.2. The van der Waals surface area contributed by atoms with Crippen molar-refractivity contribution in [1.82, 2.24) is 4.90 Å². The van der Waals surface area contributed by atoms with Crippen molar-refractivity contribution < 1.29 is 9.90 Å². The lowest BCUT2D eigenvalue weighted by Gasteiger charge is -2.30. The normalized spacial score (nSPS) is 21.3. The number of aliphatic hydroxyl groups is 1. The summed E-state index contributed by atoms with van der Waals surface area (Å²) < 4.78 is 0. The van der Waals surface area contributed by atoms with Crippen molar-refractivity contribution in [2.24, 2.45) is 5.92 Å². The van der Waals surface area contributed by atoms with Gasteiger partial charge in [0.1, 0.15) is 0 Å². The summed E-state index contributed by atoms with van der Waals surface area (Å²) in [5.41, 5.74) is -0.613. The molecule has 1 rings (SSSR count). The van der Waals surface area contributed by atoms with Crippen LogP contribution in [0, 0.1) is 5.92 Å². The van der Waals surface area contributed by atoms with Crippen molar-refractivity contribution in [3.05, 3.63) is 0 Å². The van der Waals surface area contributed by atoms with Crippen LogP contribution in [0.25, 0.3) is 0 Å². The third-order valence-corrected chi connectivity index (χ3v) is 3.48. The van der Waals surface area contributed by atoms with Crippen LogP contribution in [0.2, 0.25) is 0 Å². The van der Waals surface area contributed by atoms with Gasteiger partial charge in [-0.25, -0.2) is 0 Å². The molecule has 1 unspecified atom stereocenters. The number of likely N-dealkylation sites (N-methyl/N-ethyl adjacent to an activating group) is 1. The number of rotatable bonds is 4. The molecule has 1 atom stereocenters. The maximum absolute atomic E-state index is 11.8. The van der Waals surface area contributed by atoms with Crippen LogP contribution in [0.1, 0.15) is 46.0 Å². The second kappa shape index (κ2) is 4.97. The van der Waals surface area contributed by atoms with Crippen LogP contribution in [0.4, 0.5) is 0 Å². The second-order valence-electron chi connectivity index (χ2n) is 4.94. The Balaban J connectivity index is 2.47. The molecule has 3 heteroatoms. The van der Waals surface area contributed by atoms with Crippen LogP contribution in [0.15, 0.2) is 0 Å². The lowest BCUT2D eigenvalue weighted by Crippen LogP contribution is -2.43. The molecule has 0 radical (unpaired) electrons. The fourth-order valence-electron chi connectivity index (χ4n) is 2.26. The molecule has 1 N–H and O–H groups in total. The van der Waals surface area contributed by atoms with E-state index in [1.807, 2.05) is 13.8 Å². The van der Waals surface area contributed by atoms with E-state index in [4.69, 9.17) is 0 Å². The van der Waals surface area contributed by atoms with Crippen molar-refractivity contribution in [2.45, 2.75) is 51.6 Å². The van der Waals surface area contributed by atoms with E-state index in [2.05, 4.69) is 0 Å². The van der Waals surface area contributed by atoms with E-state index in [1.165, 1.54) is 0 Å². The Morgan fingerprint density at radius 2 is 2.00 bits per heavy atom. The summed E-state index contributed by atoms with van der Waals surface area (Å²) in [6, 6.07) is 0. The number of amides is 1. The minimum atomic E-state index is -0.613. The Morgan fingerprint density at radius 1 is 1.47 bits per heavy atom. The van der Waals surface area contributed by atoms with Crippen LogP contribution in [0.3, 0.4) is 0 Å². The van der Waals surface area contributed by atoms with E-state index in [9.17, 15) is 9.90 Å². The molecule has 0 spiro atoms. The van der Waals surface area contributed by atoms with E-state index < -0.39 is 5.60 Å². The first-order valence-corrected chi connectivity index (χ1v) is 5.96. The summed E-state index contributed by atoms with van der Waals surface area (Å²) >= 11 is 0. The van der Waals surface area contributed by atoms with Crippen molar-refractivity contribution in [3.8, 4) is 0 Å². The van der Waals surface area contributed by atoms with Gasteiger partial charge in [0.05, 0.1) is 5.60 Å². The highest BCUT2D eigenvalue weighted by Crippen LogP contribution is 2.30. The molecule has 0 aliphatic heterocycles. The Kier molecular flexibility index (Phi) is 4.14. The monoisotopic (exact) mass is 213 g/mol. The van der Waals surface area contributed by atoms with Gasteiger partial charge in [-0.1, -0.05) is 26.7 Å². The molecule has 1 amide bonds. The molecule has 1 fully saturated rings. The van der Waals surface area contributed by atoms with Gasteiger partial charge >= 0.3 is 0 Å². The predicted molar refractivity (Wildman–Crippen MR) is 60.5 cm³/mol. The van der Waals surface area contributed by atoms with Crippen LogP contribution < -0.4 is 0 Å². The lowest BCUT2D eigenvalue weighted by molar-refractivity contribution is -0.137. The smallest absolute Gasteiger partial charge is 0.225 e. The second-order valence-corrected chi connectivity index (χ2v) is 4.94. The molecular formula is C12H23NO2. The van der Waals surface area contributed by atoms with Gasteiger partial charge in [0.15, 0.2) is 0 Å². The summed E-state index contributed by atoms with van der Waals surface area (Å²) in [6.45, 7) is 4.45. The fraction of sp³-hybridized carbons (Fsp3) is 0.917. The maximum atomic E-state index is 11.8. The van der Waals surface area contributed by atoms with Crippen molar-refractivity contribution in [2.75, 3.05) is 13.6 Å². The van der Waals surface area contributed by atoms with Crippen molar-refractivity contribution >= 4 is 5.91 Å². The van der Waals surface area contributed by atoms with Crippen LogP contribution in [-0.4, -0.2) is 35.1 Å². The fourth-order valence-corrected chi connectivity index (χ4v) is 2.26. The van der Waals surface area contributed by atoms with Gasteiger partial charge in [-0.2, -0.15) is 0 Å². The zero-order chi connectivity index (χ0) is 11.5. The van der Waals surface area contributed by atoms with Crippen LogP contribution >= 0.6 is 0 Å². The molecule has 0 aromatic heterocycles. The standard InChI is InChI=1S/C12H23NO2/c1-4-10(2)11(14)13(3)9-12(15)7-5-6-8-12/h10,15H,4-9H2,1-3H3. The highest BCUT2D eigenvalue weighted by molar-refractivity contribution is 5.78. The number of hydrogen-bond acceptors (Lipinski definition) is 2. The van der Waals surface area contributed by atoms with E-state index in [1.54, 1.807) is 11.9 Å². The molecular weight excluding hydrogens is 190 g/mol. The lowest BCUT2D eigenvalue weighted by atomic mass is 10.0. The first-order chi connectivity index (χ1) is 6.98. The quantitative estimate of drug-likeness (QED) is 0.773. The zero-order valence-electron chi connectivity index (χ0n) is 10.1. The Bertz CT molecular complexity index is 222. The molecule has 0 bridgehead atoms. The Morgan fingerprint density at radius 3 is 2.47 bits per heavy atom. The Hall–Kier alpha value is -0.570. The van der Waals surface area contributed by atoms with Gasteiger partial charge in [-0.3, -0.25) is 4.79 Å². The number of hydrogen-bond donors (Lipinski definition) is 1. The molecule has 1 aliphatic carbocycles. The van der Waals surface area contributed by atoms with Gasteiger partial charge in [0, 0.05) is 19.5 Å². The molecule has 88 valence electrons. The third-order valence-electron chi connectivity index (χ3n) is 3.48. The SMILES string of the molecule is CCC(C)C(=O)N(C)CC1(O)CCCC1. The average Bonchev–Trinajstić information content (AvgIpc) is 2.62. The molecule has 1 aliphatic rings. The molecule has 3 nitrogen and oxygen atoms in total. The minimum Gasteiger partial charge on any atom is -0.388 e. The summed E-state index contributed by atoms with van der Waals surface area (Å²) in [6.07, 6.45) is 4.71. The molecule has 0 saturated heterocycles. The first-order valence-electron chi connectivity index (χ1n) is 5.96. The number of carbonyl (C=O) groups excluding carboxylic acids is 1. The predicted octanol–water partition coefficient (Wildman–Crippen LogP) is 1.80. The van der Waals surface area contributed by atoms with Gasteiger partial charge in [0.2, 0.25) is 5.91 Å². The molecule has 1 saturated carbocycles. The first kappa shape index (κ1) is 12.5. The number of carbonyl (C=O) groups is 1. The van der Waals surface area contributed by atoms with Crippen LogP contribution in [0.5, 0.6) is 0 Å². The van der Waals surface area contributed by atoms with Gasteiger partial charge in [-0.05, 0) is 19.3 Å². The third kappa shape index (κ3) is 3.20. The average molecular weight is 213 g/mol. The van der Waals surface area contributed by atoms with E-state index in [0.29, 0.717) is 6.54 Å². The van der Waals surface area contributed by atoms with Crippen molar-refractivity contribution in [1.29, 1.82) is 0 Å².